The minimum atomic E-state index is -0.145. The molecule has 4 heteroatoms. The third kappa shape index (κ3) is 5.29. The molecule has 0 spiro atoms. The van der Waals surface area contributed by atoms with Crippen LogP contribution in [0.2, 0.25) is 0 Å². The highest BCUT2D eigenvalue weighted by molar-refractivity contribution is 9.10. The van der Waals surface area contributed by atoms with Gasteiger partial charge in [-0.25, -0.2) is 4.39 Å². The van der Waals surface area contributed by atoms with Gasteiger partial charge in [-0.3, -0.25) is 0 Å². The lowest BCUT2D eigenvalue weighted by Gasteiger charge is -2.21. The zero-order valence-corrected chi connectivity index (χ0v) is 13.6. The molecule has 0 radical (unpaired) electrons. The van der Waals surface area contributed by atoms with Crippen molar-refractivity contribution in [2.45, 2.75) is 39.3 Å². The molecule has 2 unspecified atom stereocenters. The Morgan fingerprint density at radius 2 is 2.11 bits per heavy atom. The second-order valence-corrected chi connectivity index (χ2v) is 6.75. The molecule has 2 atom stereocenters. The molecule has 102 valence electrons. The van der Waals surface area contributed by atoms with E-state index in [0.29, 0.717) is 6.04 Å². The van der Waals surface area contributed by atoms with E-state index >= 15 is 0 Å². The predicted molar refractivity (Wildman–Crippen MR) is 82.7 cm³/mol. The summed E-state index contributed by atoms with van der Waals surface area (Å²) in [6, 6.07) is 5.52. The van der Waals surface area contributed by atoms with Crippen LogP contribution in [0.3, 0.4) is 0 Å². The third-order valence-electron chi connectivity index (χ3n) is 2.86. The molecule has 1 aromatic carbocycles. The molecular weight excluding hydrogens is 313 g/mol. The normalized spacial score (nSPS) is 14.5. The monoisotopic (exact) mass is 333 g/mol. The minimum absolute atomic E-state index is 0.0316. The highest BCUT2D eigenvalue weighted by Gasteiger charge is 2.13. The summed E-state index contributed by atoms with van der Waals surface area (Å²) < 4.78 is 14.6. The van der Waals surface area contributed by atoms with E-state index in [-0.39, 0.29) is 11.9 Å². The van der Waals surface area contributed by atoms with E-state index in [1.54, 1.807) is 6.07 Å². The first-order valence-corrected chi connectivity index (χ1v) is 8.28. The Labute approximate surface area is 122 Å². The van der Waals surface area contributed by atoms with E-state index in [4.69, 9.17) is 0 Å². The van der Waals surface area contributed by atoms with Crippen molar-refractivity contribution in [3.8, 4) is 0 Å². The highest BCUT2D eigenvalue weighted by Crippen LogP contribution is 2.22. The van der Waals surface area contributed by atoms with Gasteiger partial charge in [0, 0.05) is 22.1 Å². The highest BCUT2D eigenvalue weighted by atomic mass is 79.9. The third-order valence-corrected chi connectivity index (χ3v) is 4.28. The first-order chi connectivity index (χ1) is 8.54. The smallest absolute Gasteiger partial charge is 0.128 e. The van der Waals surface area contributed by atoms with Gasteiger partial charge < -0.3 is 5.32 Å². The van der Waals surface area contributed by atoms with Gasteiger partial charge >= 0.3 is 0 Å². The van der Waals surface area contributed by atoms with Gasteiger partial charge in [0.2, 0.25) is 0 Å². The van der Waals surface area contributed by atoms with Crippen LogP contribution in [0.4, 0.5) is 4.39 Å². The topological polar surface area (TPSA) is 12.0 Å². The van der Waals surface area contributed by atoms with Crippen molar-refractivity contribution >= 4 is 27.7 Å². The molecular formula is C14H21BrFNS. The van der Waals surface area contributed by atoms with Crippen LogP contribution in [0.15, 0.2) is 22.7 Å². The van der Waals surface area contributed by atoms with Crippen molar-refractivity contribution in [2.75, 3.05) is 11.5 Å². The van der Waals surface area contributed by atoms with Crippen LogP contribution in [0.1, 0.15) is 38.8 Å². The summed E-state index contributed by atoms with van der Waals surface area (Å²) in [5.74, 6) is 2.16. The fourth-order valence-electron chi connectivity index (χ4n) is 1.85. The van der Waals surface area contributed by atoms with E-state index < -0.39 is 0 Å². The molecule has 18 heavy (non-hydrogen) atoms. The largest absolute Gasteiger partial charge is 0.308 e. The molecule has 1 rings (SSSR count). The maximum atomic E-state index is 13.7. The lowest BCUT2D eigenvalue weighted by atomic mass is 10.1. The molecule has 0 saturated heterocycles. The van der Waals surface area contributed by atoms with E-state index in [1.165, 1.54) is 6.07 Å². The van der Waals surface area contributed by atoms with Crippen molar-refractivity contribution < 1.29 is 4.39 Å². The van der Waals surface area contributed by atoms with Gasteiger partial charge in [-0.15, -0.1) is 0 Å². The molecule has 0 fully saturated rings. The van der Waals surface area contributed by atoms with Crippen LogP contribution < -0.4 is 5.32 Å². The van der Waals surface area contributed by atoms with E-state index in [1.807, 2.05) is 24.8 Å². The molecule has 0 aliphatic carbocycles. The summed E-state index contributed by atoms with van der Waals surface area (Å²) in [6.07, 6.45) is 1.11. The number of rotatable bonds is 7. The van der Waals surface area contributed by atoms with Crippen LogP contribution in [-0.2, 0) is 0 Å². The van der Waals surface area contributed by atoms with Crippen LogP contribution in [0.25, 0.3) is 0 Å². The van der Waals surface area contributed by atoms with Gasteiger partial charge in [0.1, 0.15) is 5.82 Å². The number of hydrogen-bond donors (Lipinski definition) is 1. The molecule has 0 aliphatic heterocycles. The van der Waals surface area contributed by atoms with E-state index in [0.717, 1.165) is 28.0 Å². The molecule has 0 bridgehead atoms. The Bertz CT molecular complexity index is 373. The molecule has 1 aromatic rings. The maximum Gasteiger partial charge on any atom is 0.128 e. The standard InChI is InChI=1S/C14H21BrFNS/c1-4-18-8-7-10(2)17-11(3)13-9-12(15)5-6-14(13)16/h5-6,9-11,17H,4,7-8H2,1-3H3. The van der Waals surface area contributed by atoms with E-state index in [9.17, 15) is 4.39 Å². The number of thioether (sulfide) groups is 1. The van der Waals surface area contributed by atoms with Crippen molar-refractivity contribution in [2.24, 2.45) is 0 Å². The summed E-state index contributed by atoms with van der Waals surface area (Å²) >= 11 is 5.33. The molecule has 0 amide bonds. The van der Waals surface area contributed by atoms with Crippen molar-refractivity contribution in [1.29, 1.82) is 0 Å². The van der Waals surface area contributed by atoms with Crippen LogP contribution in [0, 0.1) is 5.82 Å². The van der Waals surface area contributed by atoms with Gasteiger partial charge in [-0.2, -0.15) is 11.8 Å². The number of halogens is 2. The van der Waals surface area contributed by atoms with Crippen LogP contribution in [0.5, 0.6) is 0 Å². The summed E-state index contributed by atoms with van der Waals surface area (Å²) in [5.41, 5.74) is 0.722. The summed E-state index contributed by atoms with van der Waals surface area (Å²) in [4.78, 5) is 0. The lowest BCUT2D eigenvalue weighted by Crippen LogP contribution is -2.30. The Morgan fingerprint density at radius 1 is 1.39 bits per heavy atom. The van der Waals surface area contributed by atoms with Gasteiger partial charge in [0.25, 0.3) is 0 Å². The van der Waals surface area contributed by atoms with E-state index in [2.05, 4.69) is 35.1 Å². The number of hydrogen-bond acceptors (Lipinski definition) is 2. The predicted octanol–water partition coefficient (Wildman–Crippen LogP) is 4.77. The number of benzene rings is 1. The van der Waals surface area contributed by atoms with Gasteiger partial charge in [-0.05, 0) is 50.0 Å². The number of nitrogens with one attached hydrogen (secondary N) is 1. The average Bonchev–Trinajstić information content (AvgIpc) is 2.32. The Kier molecular flexibility index (Phi) is 7.27. The second kappa shape index (κ2) is 8.18. The Hall–Kier alpha value is -0.0600. The average molecular weight is 334 g/mol. The second-order valence-electron chi connectivity index (χ2n) is 4.44. The first-order valence-electron chi connectivity index (χ1n) is 6.33. The summed E-state index contributed by atoms with van der Waals surface area (Å²) in [7, 11) is 0. The molecule has 0 heterocycles. The van der Waals surface area contributed by atoms with Crippen molar-refractivity contribution in [3.05, 3.63) is 34.1 Å². The fourth-order valence-corrected chi connectivity index (χ4v) is 3.04. The van der Waals surface area contributed by atoms with Crippen LogP contribution in [-0.4, -0.2) is 17.5 Å². The molecule has 0 saturated carbocycles. The minimum Gasteiger partial charge on any atom is -0.308 e. The SMILES string of the molecule is CCSCCC(C)NC(C)c1cc(Br)ccc1F. The fraction of sp³-hybridized carbons (Fsp3) is 0.571. The van der Waals surface area contributed by atoms with Gasteiger partial charge in [0.15, 0.2) is 0 Å². The zero-order valence-electron chi connectivity index (χ0n) is 11.2. The summed E-state index contributed by atoms with van der Waals surface area (Å²) in [6.45, 7) is 6.33. The van der Waals surface area contributed by atoms with Gasteiger partial charge in [-0.1, -0.05) is 22.9 Å². The maximum absolute atomic E-state index is 13.7. The molecule has 0 aromatic heterocycles. The van der Waals surface area contributed by atoms with Gasteiger partial charge in [0.05, 0.1) is 0 Å². The molecule has 1 N–H and O–H groups in total. The molecule has 1 nitrogen and oxygen atoms in total. The quantitative estimate of drug-likeness (QED) is 0.721. The van der Waals surface area contributed by atoms with Crippen LogP contribution >= 0.6 is 27.7 Å². The van der Waals surface area contributed by atoms with Crippen molar-refractivity contribution in [3.63, 3.8) is 0 Å². The molecule has 0 aliphatic rings. The Balaban J connectivity index is 2.53. The zero-order chi connectivity index (χ0) is 13.5. The first kappa shape index (κ1) is 16.0. The summed E-state index contributed by atoms with van der Waals surface area (Å²) in [5, 5.41) is 3.45. The lowest BCUT2D eigenvalue weighted by molar-refractivity contribution is 0.456. The van der Waals surface area contributed by atoms with Crippen molar-refractivity contribution in [1.82, 2.24) is 5.32 Å². The Morgan fingerprint density at radius 3 is 2.78 bits per heavy atom.